The number of rotatable bonds is 6. The highest BCUT2D eigenvalue weighted by Crippen LogP contribution is 2.46. The van der Waals surface area contributed by atoms with Crippen molar-refractivity contribution in [2.24, 2.45) is 0 Å². The van der Waals surface area contributed by atoms with Crippen molar-refractivity contribution in [2.45, 2.75) is 131 Å². The van der Waals surface area contributed by atoms with Crippen LogP contribution in [0.25, 0.3) is 72.7 Å². The fourth-order valence-corrected chi connectivity index (χ4v) is 8.79. The lowest BCUT2D eigenvalue weighted by molar-refractivity contribution is 0.446. The molecule has 4 heteroatoms. The van der Waals surface area contributed by atoms with E-state index in [9.17, 15) is 5.11 Å². The largest absolute Gasteiger partial charge is 0.507 e. The molecule has 8 rings (SSSR count). The zero-order valence-electron chi connectivity index (χ0n) is 49.6. The topological polar surface area (TPSA) is 50.9 Å². The number of aromatic hydroxyl groups is 1. The third-order valence-corrected chi connectivity index (χ3v) is 12.7. The van der Waals surface area contributed by atoms with Gasteiger partial charge in [-0.15, -0.1) is 0 Å². The van der Waals surface area contributed by atoms with Crippen LogP contribution in [0.2, 0.25) is 0 Å². The van der Waals surface area contributed by atoms with E-state index in [-0.39, 0.29) is 33.0 Å². The number of para-hydroxylation sites is 1. The van der Waals surface area contributed by atoms with Crippen LogP contribution in [0.15, 0.2) is 140 Å². The number of nitrogens with zero attached hydrogens (tertiary/aromatic N) is 3. The van der Waals surface area contributed by atoms with Gasteiger partial charge in [0.2, 0.25) is 0 Å². The molecule has 8 aromatic rings. The van der Waals surface area contributed by atoms with Crippen LogP contribution in [0, 0.1) is 0 Å². The highest BCUT2D eigenvalue weighted by molar-refractivity contribution is 5.97. The van der Waals surface area contributed by atoms with Crippen molar-refractivity contribution in [1.29, 1.82) is 0 Å². The number of hydrogen-bond donors (Lipinski definition) is 1. The summed E-state index contributed by atoms with van der Waals surface area (Å²) < 4.78 is 76.2. The number of hydrogen-bond acceptors (Lipinski definition) is 3. The fourth-order valence-electron chi connectivity index (χ4n) is 8.79. The Morgan fingerprint density at radius 1 is 0.455 bits per heavy atom. The molecule has 0 amide bonds. The number of imidazole rings is 1. The molecule has 0 radical (unpaired) electrons. The molecule has 4 nitrogen and oxygen atoms in total. The minimum Gasteiger partial charge on any atom is -0.507 e. The molecule has 0 saturated carbocycles. The normalized spacial score (nSPS) is 15.4. The van der Waals surface area contributed by atoms with Crippen LogP contribution in [0.5, 0.6) is 5.75 Å². The van der Waals surface area contributed by atoms with Gasteiger partial charge in [-0.25, -0.2) is 4.98 Å². The van der Waals surface area contributed by atoms with Crippen molar-refractivity contribution in [3.63, 3.8) is 0 Å². The SMILES string of the molecule is [2H]C([2H])([2H])C(c1ccc(-c2ccnc(-c3cc(-c4cccc5c4nc(-c4cc(C(C)(C)C)cc(C(C)(C)C)c4O)n5-c4ccc(-c5ccccc5)c(C(C)(C)C)c4)cc(C(C)(C)C)c3)c2)cc1)(C([2H])([2H])[2H])C([2H])([2H])[2H]. The van der Waals surface area contributed by atoms with E-state index in [4.69, 9.17) is 22.3 Å². The Morgan fingerprint density at radius 2 is 1.11 bits per heavy atom. The molecular weight excluding hydrogens is 803 g/mol. The minimum atomic E-state index is -3.37. The lowest BCUT2D eigenvalue weighted by Crippen LogP contribution is -2.17. The monoisotopic (exact) mass is 881 g/mol. The molecule has 6 aromatic carbocycles. The summed E-state index contributed by atoms with van der Waals surface area (Å²) >= 11 is 0. The third-order valence-electron chi connectivity index (χ3n) is 12.7. The molecular formula is C62H69N3O. The molecule has 2 aromatic heterocycles. The summed E-state index contributed by atoms with van der Waals surface area (Å²) in [6, 6.07) is 43.4. The number of phenolic OH excluding ortho intramolecular Hbond substituents is 1. The first-order chi connectivity index (χ1) is 34.5. The molecule has 0 aliphatic carbocycles. The molecule has 0 atom stereocenters. The van der Waals surface area contributed by atoms with Gasteiger partial charge in [0.25, 0.3) is 0 Å². The Labute approximate surface area is 407 Å². The molecule has 0 aliphatic heterocycles. The molecule has 0 aliphatic rings. The Bertz CT molecular complexity index is 3390. The maximum absolute atomic E-state index is 12.5. The van der Waals surface area contributed by atoms with Crippen LogP contribution in [-0.2, 0) is 27.1 Å². The van der Waals surface area contributed by atoms with Crippen molar-refractivity contribution < 1.29 is 17.4 Å². The summed E-state index contributed by atoms with van der Waals surface area (Å²) in [5.41, 5.74) is 9.57. The van der Waals surface area contributed by atoms with E-state index < -0.39 is 26.0 Å². The van der Waals surface area contributed by atoms with Gasteiger partial charge < -0.3 is 5.11 Å². The molecule has 1 N–H and O–H groups in total. The summed E-state index contributed by atoms with van der Waals surface area (Å²) in [5.74, 6) is 0.801. The highest BCUT2D eigenvalue weighted by atomic mass is 16.3. The smallest absolute Gasteiger partial charge is 0.149 e. The van der Waals surface area contributed by atoms with E-state index in [1.807, 2.05) is 12.1 Å². The second kappa shape index (κ2) is 16.6. The maximum Gasteiger partial charge on any atom is 0.149 e. The number of aromatic nitrogens is 3. The van der Waals surface area contributed by atoms with E-state index in [2.05, 4.69) is 179 Å². The lowest BCUT2D eigenvalue weighted by Gasteiger charge is -2.28. The number of phenols is 1. The Morgan fingerprint density at radius 3 is 1.74 bits per heavy atom. The minimum absolute atomic E-state index is 0.189. The molecule has 66 heavy (non-hydrogen) atoms. The van der Waals surface area contributed by atoms with Gasteiger partial charge in [-0.1, -0.05) is 189 Å². The number of benzene rings is 6. The summed E-state index contributed by atoms with van der Waals surface area (Å²) in [4.78, 5) is 10.5. The van der Waals surface area contributed by atoms with Crippen molar-refractivity contribution in [1.82, 2.24) is 14.5 Å². The summed E-state index contributed by atoms with van der Waals surface area (Å²) in [6.45, 7) is 16.0. The van der Waals surface area contributed by atoms with E-state index in [1.165, 1.54) is 17.7 Å². The Kier molecular flexibility index (Phi) is 9.02. The third kappa shape index (κ3) is 9.12. The zero-order valence-corrected chi connectivity index (χ0v) is 40.6. The van der Waals surface area contributed by atoms with Crippen LogP contribution in [-0.4, -0.2) is 19.6 Å². The predicted octanol–water partition coefficient (Wildman–Crippen LogP) is 16.9. The van der Waals surface area contributed by atoms with Crippen LogP contribution >= 0.6 is 0 Å². The van der Waals surface area contributed by atoms with Gasteiger partial charge in [0.05, 0.1) is 22.3 Å². The summed E-state index contributed by atoms with van der Waals surface area (Å²) in [6.07, 6.45) is 1.69. The van der Waals surface area contributed by atoms with Crippen molar-refractivity contribution in [2.75, 3.05) is 0 Å². The highest BCUT2D eigenvalue weighted by Gasteiger charge is 2.30. The van der Waals surface area contributed by atoms with Gasteiger partial charge in [0.15, 0.2) is 0 Å². The van der Waals surface area contributed by atoms with Gasteiger partial charge in [0, 0.05) is 40.9 Å². The molecule has 2 heterocycles. The fraction of sp³-hybridized carbons (Fsp3) is 0.323. The first-order valence-electron chi connectivity index (χ1n) is 27.4. The van der Waals surface area contributed by atoms with Crippen molar-refractivity contribution >= 4 is 11.0 Å². The standard InChI is InChI=1S/C62H69N3O/c1-58(2,3)44-26-24-39(25-27-44)41-30-31-63-53(35-41)43-32-42(33-45(34-43)59(4,5)6)49-22-19-23-54-55(49)64-57(50-36-46(60(7,8)9)37-52(56(50)66)62(13,14)15)65(54)47-28-29-48(40-20-17-16-18-21-40)51(38-47)61(10,11)12/h16-38,66H,1-15H3/i1D3,2D3,3D3. The molecule has 0 bridgehead atoms. The van der Waals surface area contributed by atoms with E-state index in [1.54, 1.807) is 24.4 Å². The molecule has 0 fully saturated rings. The first kappa shape index (κ1) is 35.9. The Hall–Kier alpha value is -6.26. The van der Waals surface area contributed by atoms with Gasteiger partial charge >= 0.3 is 0 Å². The van der Waals surface area contributed by atoms with Crippen molar-refractivity contribution in [3.8, 4) is 67.5 Å². The second-order valence-corrected chi connectivity index (χ2v) is 22.0. The average molecular weight is 881 g/mol. The van der Waals surface area contributed by atoms with Crippen LogP contribution < -0.4 is 0 Å². The van der Waals surface area contributed by atoms with Gasteiger partial charge in [0.1, 0.15) is 11.6 Å². The van der Waals surface area contributed by atoms with E-state index in [0.29, 0.717) is 28.2 Å². The quantitative estimate of drug-likeness (QED) is 0.181. The molecule has 0 unspecified atom stereocenters. The van der Waals surface area contributed by atoms with E-state index in [0.717, 1.165) is 61.2 Å². The van der Waals surface area contributed by atoms with Crippen LogP contribution in [0.4, 0.5) is 0 Å². The average Bonchev–Trinajstić information content (AvgIpc) is 3.69. The maximum atomic E-state index is 12.5. The van der Waals surface area contributed by atoms with Gasteiger partial charge in [-0.2, -0.15) is 0 Å². The number of fused-ring (bicyclic) bond motifs is 1. The number of pyridine rings is 1. The van der Waals surface area contributed by atoms with Gasteiger partial charge in [-0.05, 0) is 126 Å². The van der Waals surface area contributed by atoms with E-state index >= 15 is 0 Å². The molecule has 338 valence electrons. The van der Waals surface area contributed by atoms with Crippen LogP contribution in [0.3, 0.4) is 0 Å². The van der Waals surface area contributed by atoms with Crippen molar-refractivity contribution in [3.05, 3.63) is 167 Å². The molecule has 0 spiro atoms. The Balaban J connectivity index is 1.36. The van der Waals surface area contributed by atoms with Gasteiger partial charge in [-0.3, -0.25) is 9.55 Å². The molecule has 0 saturated heterocycles. The second-order valence-electron chi connectivity index (χ2n) is 22.0. The lowest BCUT2D eigenvalue weighted by atomic mass is 9.78. The predicted molar refractivity (Wildman–Crippen MR) is 281 cm³/mol. The first-order valence-corrected chi connectivity index (χ1v) is 22.9. The van der Waals surface area contributed by atoms with Crippen LogP contribution in [0.1, 0.15) is 144 Å². The summed E-state index contributed by atoms with van der Waals surface area (Å²) in [7, 11) is 0. The summed E-state index contributed by atoms with van der Waals surface area (Å²) in [5, 5.41) is 12.5. The zero-order chi connectivity index (χ0) is 55.2.